The highest BCUT2D eigenvalue weighted by Crippen LogP contribution is 2.21. The molecule has 1 aliphatic rings. The molecule has 2 aromatic rings. The summed E-state index contributed by atoms with van der Waals surface area (Å²) in [6, 6.07) is 6.61. The molecule has 24 heavy (non-hydrogen) atoms. The molecule has 1 aliphatic heterocycles. The molecule has 5 nitrogen and oxygen atoms in total. The summed E-state index contributed by atoms with van der Waals surface area (Å²) in [6.07, 6.45) is 1.88. The molecule has 130 valence electrons. The molecule has 5 heteroatoms. The summed E-state index contributed by atoms with van der Waals surface area (Å²) in [6.45, 7) is 10.5. The van der Waals surface area contributed by atoms with Crippen molar-refractivity contribution in [1.29, 1.82) is 0 Å². The highest BCUT2D eigenvalue weighted by molar-refractivity contribution is 5.79. The zero-order valence-electron chi connectivity index (χ0n) is 15.1. The fourth-order valence-electron chi connectivity index (χ4n) is 3.43. The molecule has 0 bridgehead atoms. The summed E-state index contributed by atoms with van der Waals surface area (Å²) in [5.74, 6) is 1.10. The number of amides is 1. The van der Waals surface area contributed by atoms with E-state index >= 15 is 0 Å². The minimum absolute atomic E-state index is 0.103. The van der Waals surface area contributed by atoms with Crippen LogP contribution in [-0.2, 0) is 4.79 Å². The number of hydrogen-bond acceptors (Lipinski definition) is 3. The Hall–Kier alpha value is -1.88. The van der Waals surface area contributed by atoms with E-state index in [0.29, 0.717) is 6.04 Å². The number of H-pyrrole nitrogens is 1. The summed E-state index contributed by atoms with van der Waals surface area (Å²) in [5, 5.41) is 3.13. The largest absolute Gasteiger partial charge is 0.346 e. The minimum Gasteiger partial charge on any atom is -0.346 e. The number of rotatable bonds is 4. The normalized spacial score (nSPS) is 18.2. The highest BCUT2D eigenvalue weighted by Gasteiger charge is 2.27. The molecule has 3 rings (SSSR count). The number of benzene rings is 1. The molecule has 1 aromatic carbocycles. The first-order valence-corrected chi connectivity index (χ1v) is 8.94. The number of piperidine rings is 1. The minimum atomic E-state index is -0.103. The summed E-state index contributed by atoms with van der Waals surface area (Å²) in [4.78, 5) is 22.9. The molecule has 2 heterocycles. The zero-order valence-corrected chi connectivity index (χ0v) is 15.1. The number of imidazole rings is 1. The van der Waals surface area contributed by atoms with Gasteiger partial charge in [0, 0.05) is 12.0 Å². The van der Waals surface area contributed by atoms with Crippen LogP contribution in [0.5, 0.6) is 0 Å². The van der Waals surface area contributed by atoms with Crippen molar-refractivity contribution >= 4 is 16.9 Å². The number of carbonyl (C=O) groups excluding carboxylic acids is 1. The van der Waals surface area contributed by atoms with Gasteiger partial charge < -0.3 is 15.2 Å². The van der Waals surface area contributed by atoms with E-state index in [1.165, 1.54) is 5.56 Å². The number of hydrogen-bond donors (Lipinski definition) is 2. The standard InChI is InChI=1S/C19H28N4O/c1-12(2)23-9-7-15(8-10-23)19(24)20-14(4)18-21-16-6-5-13(3)11-17(16)22-18/h5-6,11-12,14-15H,7-10H2,1-4H3,(H,20,24)(H,21,22)/t14-/m0/s1. The van der Waals surface area contributed by atoms with E-state index in [1.54, 1.807) is 0 Å². The average molecular weight is 328 g/mol. The van der Waals surface area contributed by atoms with E-state index in [4.69, 9.17) is 0 Å². The van der Waals surface area contributed by atoms with Gasteiger partial charge in [-0.2, -0.15) is 0 Å². The third kappa shape index (κ3) is 3.61. The predicted molar refractivity (Wildman–Crippen MR) is 96.8 cm³/mol. The van der Waals surface area contributed by atoms with E-state index in [-0.39, 0.29) is 17.9 Å². The Bertz CT molecular complexity index is 713. The van der Waals surface area contributed by atoms with Crippen molar-refractivity contribution in [3.8, 4) is 0 Å². The molecule has 0 spiro atoms. The van der Waals surface area contributed by atoms with Crippen LogP contribution >= 0.6 is 0 Å². The van der Waals surface area contributed by atoms with Gasteiger partial charge in [0.05, 0.1) is 17.1 Å². The SMILES string of the molecule is Cc1ccc2nc([C@H](C)NC(=O)C3CCN(C(C)C)CC3)[nH]c2c1. The molecule has 1 fully saturated rings. The number of aromatic amines is 1. The molecule has 1 amide bonds. The Kier molecular flexibility index (Phi) is 4.90. The Labute approximate surface area is 143 Å². The molecular weight excluding hydrogens is 300 g/mol. The molecule has 2 N–H and O–H groups in total. The van der Waals surface area contributed by atoms with Gasteiger partial charge in [0.1, 0.15) is 5.82 Å². The molecule has 1 atom stereocenters. The number of aryl methyl sites for hydroxylation is 1. The smallest absolute Gasteiger partial charge is 0.223 e. The third-order valence-electron chi connectivity index (χ3n) is 5.06. The van der Waals surface area contributed by atoms with Crippen molar-refractivity contribution in [2.45, 2.75) is 52.6 Å². The molecule has 0 radical (unpaired) electrons. The monoisotopic (exact) mass is 328 g/mol. The number of nitrogens with zero attached hydrogens (tertiary/aromatic N) is 2. The van der Waals surface area contributed by atoms with Crippen molar-refractivity contribution < 1.29 is 4.79 Å². The van der Waals surface area contributed by atoms with Crippen molar-refractivity contribution in [1.82, 2.24) is 20.2 Å². The summed E-state index contributed by atoms with van der Waals surface area (Å²) < 4.78 is 0. The summed E-state index contributed by atoms with van der Waals surface area (Å²) in [5.41, 5.74) is 3.17. The molecule has 0 aliphatic carbocycles. The highest BCUT2D eigenvalue weighted by atomic mass is 16.1. The van der Waals surface area contributed by atoms with Gasteiger partial charge in [0.15, 0.2) is 0 Å². The molecule has 0 saturated carbocycles. The molecular formula is C19H28N4O. The van der Waals surface area contributed by atoms with Gasteiger partial charge in [-0.05, 0) is 71.3 Å². The van der Waals surface area contributed by atoms with E-state index in [2.05, 4.69) is 53.1 Å². The maximum atomic E-state index is 12.6. The van der Waals surface area contributed by atoms with Gasteiger partial charge in [-0.25, -0.2) is 4.98 Å². The fourth-order valence-corrected chi connectivity index (χ4v) is 3.43. The first kappa shape index (κ1) is 17.0. The van der Waals surface area contributed by atoms with Crippen LogP contribution in [0, 0.1) is 12.8 Å². The zero-order chi connectivity index (χ0) is 17.3. The Morgan fingerprint density at radius 2 is 2.00 bits per heavy atom. The van der Waals surface area contributed by atoms with Crippen LogP contribution in [0.3, 0.4) is 0 Å². The number of likely N-dealkylation sites (tertiary alicyclic amines) is 1. The third-order valence-corrected chi connectivity index (χ3v) is 5.06. The van der Waals surface area contributed by atoms with Gasteiger partial charge in [-0.3, -0.25) is 4.79 Å². The molecule has 0 unspecified atom stereocenters. The van der Waals surface area contributed by atoms with E-state index in [1.807, 2.05) is 13.0 Å². The van der Waals surface area contributed by atoms with Crippen LogP contribution in [-0.4, -0.2) is 39.9 Å². The number of carbonyl (C=O) groups is 1. The van der Waals surface area contributed by atoms with Crippen LogP contribution in [0.1, 0.15) is 51.0 Å². The lowest BCUT2D eigenvalue weighted by molar-refractivity contribution is -0.127. The summed E-state index contributed by atoms with van der Waals surface area (Å²) >= 11 is 0. The maximum Gasteiger partial charge on any atom is 0.223 e. The van der Waals surface area contributed by atoms with Gasteiger partial charge >= 0.3 is 0 Å². The van der Waals surface area contributed by atoms with E-state index < -0.39 is 0 Å². The van der Waals surface area contributed by atoms with Crippen molar-refractivity contribution in [2.24, 2.45) is 5.92 Å². The Morgan fingerprint density at radius 3 is 2.67 bits per heavy atom. The second-order valence-electron chi connectivity index (χ2n) is 7.28. The van der Waals surface area contributed by atoms with Gasteiger partial charge in [-0.1, -0.05) is 6.07 Å². The van der Waals surface area contributed by atoms with Crippen molar-refractivity contribution in [3.05, 3.63) is 29.6 Å². The Balaban J connectivity index is 1.61. The molecule has 1 aromatic heterocycles. The van der Waals surface area contributed by atoms with Crippen LogP contribution in [0.25, 0.3) is 11.0 Å². The number of aromatic nitrogens is 2. The predicted octanol–water partition coefficient (Wildman–Crippen LogP) is 3.17. The lowest BCUT2D eigenvalue weighted by Gasteiger charge is -2.34. The van der Waals surface area contributed by atoms with Crippen LogP contribution < -0.4 is 5.32 Å². The summed E-state index contributed by atoms with van der Waals surface area (Å²) in [7, 11) is 0. The van der Waals surface area contributed by atoms with Crippen molar-refractivity contribution in [2.75, 3.05) is 13.1 Å². The van der Waals surface area contributed by atoms with Crippen molar-refractivity contribution in [3.63, 3.8) is 0 Å². The second-order valence-corrected chi connectivity index (χ2v) is 7.28. The average Bonchev–Trinajstić information content (AvgIpc) is 2.98. The van der Waals surface area contributed by atoms with Gasteiger partial charge in [-0.15, -0.1) is 0 Å². The fraction of sp³-hybridized carbons (Fsp3) is 0.579. The van der Waals surface area contributed by atoms with Gasteiger partial charge in [0.25, 0.3) is 0 Å². The van der Waals surface area contributed by atoms with E-state index in [9.17, 15) is 4.79 Å². The quantitative estimate of drug-likeness (QED) is 0.906. The van der Waals surface area contributed by atoms with Gasteiger partial charge in [0.2, 0.25) is 5.91 Å². The first-order valence-electron chi connectivity index (χ1n) is 8.94. The van der Waals surface area contributed by atoms with Crippen LogP contribution in [0.2, 0.25) is 0 Å². The maximum absolute atomic E-state index is 12.6. The Morgan fingerprint density at radius 1 is 1.29 bits per heavy atom. The number of fused-ring (bicyclic) bond motifs is 1. The van der Waals surface area contributed by atoms with E-state index in [0.717, 1.165) is 42.8 Å². The lowest BCUT2D eigenvalue weighted by atomic mass is 9.95. The topological polar surface area (TPSA) is 61.0 Å². The second kappa shape index (κ2) is 6.93. The first-order chi connectivity index (χ1) is 11.4. The van der Waals surface area contributed by atoms with Crippen LogP contribution in [0.4, 0.5) is 0 Å². The number of nitrogens with one attached hydrogen (secondary N) is 2. The lowest BCUT2D eigenvalue weighted by Crippen LogP contribution is -2.43. The molecule has 1 saturated heterocycles. The van der Waals surface area contributed by atoms with Crippen LogP contribution in [0.15, 0.2) is 18.2 Å².